The number of para-hydroxylation sites is 3. The maximum Gasteiger partial charge on any atom is 0.290 e. The Balaban J connectivity index is 1.73. The number of phenolic OH excluding ortho intramolecular Hbond substituents is 1. The minimum absolute atomic E-state index is 0.0307. The Hall–Kier alpha value is -3.29. The number of carbonyl (C=O) groups excluding carboxylic acids is 1. The molecular formula is C25H27NO6. The first kappa shape index (κ1) is 21.9. The van der Waals surface area contributed by atoms with Crippen LogP contribution in [0.4, 0.5) is 5.69 Å². The maximum atomic E-state index is 13.0. The number of aliphatic hydroxyl groups is 1. The Kier molecular flexibility index (Phi) is 6.78. The van der Waals surface area contributed by atoms with Crippen LogP contribution in [0.3, 0.4) is 0 Å². The first-order valence-corrected chi connectivity index (χ1v) is 10.8. The molecule has 7 nitrogen and oxygen atoms in total. The van der Waals surface area contributed by atoms with E-state index in [2.05, 4.69) is 5.32 Å². The van der Waals surface area contributed by atoms with Crippen molar-refractivity contribution in [2.75, 3.05) is 18.5 Å². The van der Waals surface area contributed by atoms with E-state index in [1.807, 2.05) is 31.2 Å². The van der Waals surface area contributed by atoms with Gasteiger partial charge in [-0.15, -0.1) is 0 Å². The number of aromatic hydroxyl groups is 1. The lowest BCUT2D eigenvalue weighted by Crippen LogP contribution is -2.37. The van der Waals surface area contributed by atoms with Gasteiger partial charge in [0.2, 0.25) is 6.29 Å². The average molecular weight is 437 g/mol. The third-order valence-electron chi connectivity index (χ3n) is 5.66. The Morgan fingerprint density at radius 3 is 2.72 bits per heavy atom. The van der Waals surface area contributed by atoms with E-state index in [0.717, 1.165) is 16.5 Å². The van der Waals surface area contributed by atoms with Gasteiger partial charge in [0, 0.05) is 36.0 Å². The van der Waals surface area contributed by atoms with Gasteiger partial charge in [-0.1, -0.05) is 30.3 Å². The number of carbonyl (C=O) groups is 1. The van der Waals surface area contributed by atoms with Gasteiger partial charge in [0.05, 0.1) is 12.0 Å². The van der Waals surface area contributed by atoms with E-state index in [1.165, 1.54) is 6.07 Å². The summed E-state index contributed by atoms with van der Waals surface area (Å²) in [5, 5.41) is 23.1. The van der Waals surface area contributed by atoms with Crippen LogP contribution in [-0.2, 0) is 14.3 Å². The highest BCUT2D eigenvalue weighted by Crippen LogP contribution is 2.42. The maximum absolute atomic E-state index is 13.0. The third-order valence-corrected chi connectivity index (χ3v) is 5.66. The van der Waals surface area contributed by atoms with Crippen molar-refractivity contribution < 1.29 is 28.9 Å². The molecule has 4 rings (SSSR count). The molecule has 32 heavy (non-hydrogen) atoms. The quantitative estimate of drug-likeness (QED) is 0.448. The largest absolute Gasteiger partial charge is 0.506 e. The van der Waals surface area contributed by atoms with Crippen molar-refractivity contribution in [2.24, 2.45) is 5.92 Å². The van der Waals surface area contributed by atoms with Crippen molar-refractivity contribution in [1.82, 2.24) is 0 Å². The van der Waals surface area contributed by atoms with Crippen LogP contribution in [-0.4, -0.2) is 35.6 Å². The van der Waals surface area contributed by atoms with Crippen LogP contribution in [0.1, 0.15) is 31.2 Å². The molecule has 7 heteroatoms. The number of anilines is 1. The van der Waals surface area contributed by atoms with E-state index in [9.17, 15) is 15.0 Å². The standard InChI is InChI=1S/C25H27NO6/c1-2-30-25-17(9-7-13-27)18(19-15-31-22-12-6-3-8-16(19)22)14-23(32-25)24(29)26-20-10-4-5-11-21(20)28/h3-6,8,10-12,14-15,17-18,25,27-28H,2,7,9,13H2,1H3,(H,26,29)/t17-,18-,25+/m0/s1. The number of hydrogen-bond acceptors (Lipinski definition) is 6. The predicted molar refractivity (Wildman–Crippen MR) is 120 cm³/mol. The summed E-state index contributed by atoms with van der Waals surface area (Å²) in [5.41, 5.74) is 1.99. The van der Waals surface area contributed by atoms with Gasteiger partial charge in [-0.05, 0) is 44.0 Å². The molecule has 0 unspecified atom stereocenters. The third kappa shape index (κ3) is 4.49. The monoisotopic (exact) mass is 437 g/mol. The van der Waals surface area contributed by atoms with Gasteiger partial charge in [-0.25, -0.2) is 0 Å². The number of allylic oxidation sites excluding steroid dienone is 1. The minimum atomic E-state index is -0.666. The summed E-state index contributed by atoms with van der Waals surface area (Å²) < 4.78 is 17.6. The van der Waals surface area contributed by atoms with Crippen LogP contribution in [0.15, 0.2) is 71.0 Å². The van der Waals surface area contributed by atoms with Crippen molar-refractivity contribution in [2.45, 2.75) is 32.0 Å². The number of nitrogens with one attached hydrogen (secondary N) is 1. The van der Waals surface area contributed by atoms with Crippen molar-refractivity contribution in [3.8, 4) is 5.75 Å². The summed E-state index contributed by atoms with van der Waals surface area (Å²) in [6.07, 6.45) is 4.06. The van der Waals surface area contributed by atoms with Gasteiger partial charge in [0.1, 0.15) is 11.3 Å². The second-order valence-corrected chi connectivity index (χ2v) is 7.69. The second kappa shape index (κ2) is 9.89. The van der Waals surface area contributed by atoms with Crippen molar-refractivity contribution in [3.63, 3.8) is 0 Å². The van der Waals surface area contributed by atoms with E-state index in [4.69, 9.17) is 13.9 Å². The zero-order valence-electron chi connectivity index (χ0n) is 17.9. The second-order valence-electron chi connectivity index (χ2n) is 7.69. The molecule has 2 heterocycles. The van der Waals surface area contributed by atoms with E-state index >= 15 is 0 Å². The lowest BCUT2D eigenvalue weighted by molar-refractivity contribution is -0.164. The summed E-state index contributed by atoms with van der Waals surface area (Å²) in [6, 6.07) is 14.3. The molecule has 3 N–H and O–H groups in total. The molecule has 168 valence electrons. The molecule has 1 aromatic heterocycles. The Morgan fingerprint density at radius 1 is 1.16 bits per heavy atom. The molecule has 0 spiro atoms. The molecule has 1 amide bonds. The molecule has 0 saturated carbocycles. The summed E-state index contributed by atoms with van der Waals surface area (Å²) in [4.78, 5) is 13.0. The Bertz CT molecular complexity index is 1100. The smallest absolute Gasteiger partial charge is 0.290 e. The Labute approximate surface area is 186 Å². The Morgan fingerprint density at radius 2 is 1.94 bits per heavy atom. The molecule has 0 aliphatic carbocycles. The van der Waals surface area contributed by atoms with Gasteiger partial charge in [-0.3, -0.25) is 4.79 Å². The summed E-state index contributed by atoms with van der Waals surface area (Å²) in [7, 11) is 0. The van der Waals surface area contributed by atoms with Gasteiger partial charge in [-0.2, -0.15) is 0 Å². The fourth-order valence-corrected chi connectivity index (χ4v) is 4.14. The molecule has 1 aliphatic heterocycles. The molecular weight excluding hydrogens is 410 g/mol. The lowest BCUT2D eigenvalue weighted by Gasteiger charge is -2.36. The average Bonchev–Trinajstić information content (AvgIpc) is 3.23. The van der Waals surface area contributed by atoms with Crippen molar-refractivity contribution >= 4 is 22.6 Å². The van der Waals surface area contributed by atoms with Crippen LogP contribution < -0.4 is 5.32 Å². The van der Waals surface area contributed by atoms with E-state index < -0.39 is 12.2 Å². The van der Waals surface area contributed by atoms with E-state index in [1.54, 1.807) is 30.5 Å². The predicted octanol–water partition coefficient (Wildman–Crippen LogP) is 4.53. The number of aliphatic hydroxyl groups excluding tert-OH is 1. The molecule has 0 fully saturated rings. The minimum Gasteiger partial charge on any atom is -0.506 e. The molecule has 1 aliphatic rings. The number of fused-ring (bicyclic) bond motifs is 1. The highest BCUT2D eigenvalue weighted by atomic mass is 16.7. The number of phenols is 1. The number of ether oxygens (including phenoxy) is 2. The molecule has 0 radical (unpaired) electrons. The zero-order chi connectivity index (χ0) is 22.5. The molecule has 3 atom stereocenters. The lowest BCUT2D eigenvalue weighted by atomic mass is 9.80. The van der Waals surface area contributed by atoms with Crippen LogP contribution >= 0.6 is 0 Å². The number of benzene rings is 2. The van der Waals surface area contributed by atoms with Crippen LogP contribution in [0.25, 0.3) is 11.0 Å². The zero-order valence-corrected chi connectivity index (χ0v) is 17.9. The first-order valence-electron chi connectivity index (χ1n) is 10.8. The van der Waals surface area contributed by atoms with Crippen LogP contribution in [0.2, 0.25) is 0 Å². The van der Waals surface area contributed by atoms with Crippen molar-refractivity contribution in [3.05, 3.63) is 72.2 Å². The number of furan rings is 1. The van der Waals surface area contributed by atoms with Gasteiger partial charge in [0.15, 0.2) is 5.76 Å². The topological polar surface area (TPSA) is 101 Å². The first-order chi connectivity index (χ1) is 15.6. The summed E-state index contributed by atoms with van der Waals surface area (Å²) >= 11 is 0. The van der Waals surface area contributed by atoms with Gasteiger partial charge < -0.3 is 29.4 Å². The SMILES string of the molecule is CCO[C@@H]1OC(C(=O)Nc2ccccc2O)=C[C@H](c2coc3ccccc23)[C@@H]1CCCO. The summed E-state index contributed by atoms with van der Waals surface area (Å²) in [6.45, 7) is 2.33. The number of hydrogen-bond donors (Lipinski definition) is 3. The van der Waals surface area contributed by atoms with Gasteiger partial charge in [0.25, 0.3) is 5.91 Å². The van der Waals surface area contributed by atoms with E-state index in [0.29, 0.717) is 25.1 Å². The summed E-state index contributed by atoms with van der Waals surface area (Å²) in [5.74, 6) is -0.737. The normalized spacial score (nSPS) is 20.6. The number of amides is 1. The van der Waals surface area contributed by atoms with Crippen LogP contribution in [0.5, 0.6) is 5.75 Å². The molecule has 0 bridgehead atoms. The molecule has 0 saturated heterocycles. The van der Waals surface area contributed by atoms with Crippen molar-refractivity contribution in [1.29, 1.82) is 0 Å². The number of rotatable bonds is 8. The van der Waals surface area contributed by atoms with E-state index in [-0.39, 0.29) is 30.0 Å². The molecule has 2 aromatic carbocycles. The highest BCUT2D eigenvalue weighted by molar-refractivity contribution is 6.03. The fraction of sp³-hybridized carbons (Fsp3) is 0.320. The van der Waals surface area contributed by atoms with Crippen LogP contribution in [0, 0.1) is 5.92 Å². The highest BCUT2D eigenvalue weighted by Gasteiger charge is 2.39. The fourth-order valence-electron chi connectivity index (χ4n) is 4.14. The van der Waals surface area contributed by atoms with Gasteiger partial charge >= 0.3 is 0 Å². The molecule has 3 aromatic rings.